The molecule has 0 aromatic heterocycles. The largest absolute Gasteiger partial charge is 0.481 e. The Balaban J connectivity index is 3.76. The average Bonchev–Trinajstić information content (AvgIpc) is 2.26. The topological polar surface area (TPSA) is 63.6 Å². The summed E-state index contributed by atoms with van der Waals surface area (Å²) in [7, 11) is 1.39. The van der Waals surface area contributed by atoms with Gasteiger partial charge < -0.3 is 9.84 Å². The van der Waals surface area contributed by atoms with E-state index in [1.807, 2.05) is 13.8 Å². The van der Waals surface area contributed by atoms with E-state index in [1.54, 1.807) is 0 Å². The lowest BCUT2D eigenvalue weighted by atomic mass is 10.0. The molecular formula is C13H22O4. The van der Waals surface area contributed by atoms with Gasteiger partial charge >= 0.3 is 11.9 Å². The van der Waals surface area contributed by atoms with Gasteiger partial charge in [-0.2, -0.15) is 0 Å². The number of methoxy groups -OCH3 is 1. The van der Waals surface area contributed by atoms with E-state index in [-0.39, 0.29) is 12.4 Å². The Kier molecular flexibility index (Phi) is 8.11. The maximum absolute atomic E-state index is 11.0. The minimum absolute atomic E-state index is 0.177. The molecule has 0 aromatic carbocycles. The van der Waals surface area contributed by atoms with Gasteiger partial charge in [-0.15, -0.1) is 0 Å². The van der Waals surface area contributed by atoms with E-state index in [2.05, 4.69) is 10.8 Å². The number of allylic oxidation sites excluding steroid dienone is 2. The second-order valence-electron chi connectivity index (χ2n) is 4.41. The summed E-state index contributed by atoms with van der Waals surface area (Å²) in [5, 5.41) is 8.52. The first-order chi connectivity index (χ1) is 7.95. The van der Waals surface area contributed by atoms with E-state index in [0.29, 0.717) is 18.8 Å². The number of ether oxygens (including phenoxy) is 1. The second kappa shape index (κ2) is 8.79. The third-order valence-corrected chi connectivity index (χ3v) is 2.63. The lowest BCUT2D eigenvalue weighted by Crippen LogP contribution is -2.06. The van der Waals surface area contributed by atoms with Crippen LogP contribution in [-0.4, -0.2) is 24.2 Å². The van der Waals surface area contributed by atoms with Crippen LogP contribution in [0.2, 0.25) is 0 Å². The molecule has 0 saturated carbocycles. The van der Waals surface area contributed by atoms with Crippen molar-refractivity contribution in [2.45, 2.75) is 46.0 Å². The highest BCUT2D eigenvalue weighted by Crippen LogP contribution is 2.13. The Labute approximate surface area is 103 Å². The zero-order valence-electron chi connectivity index (χ0n) is 10.9. The van der Waals surface area contributed by atoms with Gasteiger partial charge in [-0.1, -0.05) is 18.6 Å². The van der Waals surface area contributed by atoms with Crippen molar-refractivity contribution in [3.63, 3.8) is 0 Å². The molecule has 0 aliphatic rings. The first kappa shape index (κ1) is 15.7. The Morgan fingerprint density at radius 3 is 2.53 bits per heavy atom. The molecular weight excluding hydrogens is 220 g/mol. The number of hydrogen-bond acceptors (Lipinski definition) is 3. The summed E-state index contributed by atoms with van der Waals surface area (Å²) >= 11 is 0. The van der Waals surface area contributed by atoms with E-state index in [1.165, 1.54) is 7.11 Å². The summed E-state index contributed by atoms with van der Waals surface area (Å²) in [6.07, 6.45) is 5.07. The Morgan fingerprint density at radius 2 is 2.00 bits per heavy atom. The van der Waals surface area contributed by atoms with Gasteiger partial charge in [0.05, 0.1) is 7.11 Å². The number of carbonyl (C=O) groups excluding carboxylic acids is 1. The number of rotatable bonds is 8. The normalized spacial score (nSPS) is 13.2. The summed E-state index contributed by atoms with van der Waals surface area (Å²) in [6.45, 7) is 3.95. The highest BCUT2D eigenvalue weighted by Gasteiger charge is 2.08. The van der Waals surface area contributed by atoms with Crippen LogP contribution in [0.4, 0.5) is 0 Å². The molecule has 0 radical (unpaired) electrons. The molecule has 0 heterocycles. The molecule has 17 heavy (non-hydrogen) atoms. The molecule has 0 saturated heterocycles. The molecule has 0 aliphatic heterocycles. The molecule has 1 unspecified atom stereocenters. The molecule has 0 spiro atoms. The Hall–Kier alpha value is -1.32. The number of carbonyl (C=O) groups is 2. The average molecular weight is 242 g/mol. The molecule has 1 N–H and O–H groups in total. The minimum atomic E-state index is -0.767. The highest BCUT2D eigenvalue weighted by atomic mass is 16.5. The maximum atomic E-state index is 11.0. The quantitative estimate of drug-likeness (QED) is 0.525. The lowest BCUT2D eigenvalue weighted by molar-refractivity contribution is -0.141. The molecule has 0 bridgehead atoms. The number of carboxylic acid groups (broad SMARTS) is 1. The van der Waals surface area contributed by atoms with Crippen LogP contribution < -0.4 is 0 Å². The molecule has 0 aromatic rings. The zero-order valence-corrected chi connectivity index (χ0v) is 10.9. The van der Waals surface area contributed by atoms with Crippen molar-refractivity contribution in [3.05, 3.63) is 11.6 Å². The smallest absolute Gasteiger partial charge is 0.305 e. The predicted molar refractivity (Wildman–Crippen MR) is 65.7 cm³/mol. The molecule has 4 nitrogen and oxygen atoms in total. The highest BCUT2D eigenvalue weighted by molar-refractivity contribution is 5.69. The fourth-order valence-electron chi connectivity index (χ4n) is 1.49. The molecule has 0 fully saturated rings. The third-order valence-electron chi connectivity index (χ3n) is 2.63. The molecule has 0 amide bonds. The van der Waals surface area contributed by atoms with Crippen molar-refractivity contribution in [1.82, 2.24) is 0 Å². The van der Waals surface area contributed by atoms with Crippen molar-refractivity contribution in [1.29, 1.82) is 0 Å². The van der Waals surface area contributed by atoms with Gasteiger partial charge in [0.15, 0.2) is 0 Å². The van der Waals surface area contributed by atoms with E-state index in [0.717, 1.165) is 18.4 Å². The van der Waals surface area contributed by atoms with Crippen molar-refractivity contribution < 1.29 is 19.4 Å². The van der Waals surface area contributed by atoms with E-state index >= 15 is 0 Å². The van der Waals surface area contributed by atoms with Crippen LogP contribution in [0.5, 0.6) is 0 Å². The van der Waals surface area contributed by atoms with Crippen LogP contribution in [0, 0.1) is 5.92 Å². The second-order valence-corrected chi connectivity index (χ2v) is 4.41. The van der Waals surface area contributed by atoms with Gasteiger partial charge in [0.1, 0.15) is 0 Å². The van der Waals surface area contributed by atoms with Crippen molar-refractivity contribution in [2.24, 2.45) is 5.92 Å². The van der Waals surface area contributed by atoms with Crippen LogP contribution >= 0.6 is 0 Å². The first-order valence-electron chi connectivity index (χ1n) is 5.90. The van der Waals surface area contributed by atoms with Crippen LogP contribution in [0.3, 0.4) is 0 Å². The summed E-state index contributed by atoms with van der Waals surface area (Å²) in [5.41, 5.74) is 1.10. The van der Waals surface area contributed by atoms with Crippen molar-refractivity contribution in [2.75, 3.05) is 7.11 Å². The van der Waals surface area contributed by atoms with E-state index in [9.17, 15) is 9.59 Å². The third kappa shape index (κ3) is 9.60. The van der Waals surface area contributed by atoms with E-state index < -0.39 is 5.97 Å². The van der Waals surface area contributed by atoms with Crippen LogP contribution in [0.25, 0.3) is 0 Å². The summed E-state index contributed by atoms with van der Waals surface area (Å²) < 4.78 is 4.59. The Morgan fingerprint density at radius 1 is 1.35 bits per heavy atom. The molecule has 1 atom stereocenters. The standard InChI is InChI=1S/C13H22O4/c1-10(7-8-12(14)15)5-4-6-11(2)9-13(16)17-3/h5,11H,4,6-9H2,1-3H3,(H,14,15)/b10-5+. The predicted octanol–water partition coefficient (Wildman–Crippen LogP) is 2.78. The van der Waals surface area contributed by atoms with Gasteiger partial charge in [-0.3, -0.25) is 9.59 Å². The lowest BCUT2D eigenvalue weighted by Gasteiger charge is -2.08. The zero-order chi connectivity index (χ0) is 13.3. The molecule has 0 aliphatic carbocycles. The summed E-state index contributed by atoms with van der Waals surface area (Å²) in [6, 6.07) is 0. The van der Waals surface area contributed by atoms with Gasteiger partial charge in [0.25, 0.3) is 0 Å². The molecule has 4 heteroatoms. The number of esters is 1. The summed E-state index contributed by atoms with van der Waals surface area (Å²) in [4.78, 5) is 21.4. The van der Waals surface area contributed by atoms with Gasteiger partial charge in [0.2, 0.25) is 0 Å². The Bertz CT molecular complexity index is 281. The first-order valence-corrected chi connectivity index (χ1v) is 5.90. The van der Waals surface area contributed by atoms with Crippen LogP contribution in [0.15, 0.2) is 11.6 Å². The number of hydrogen-bond donors (Lipinski definition) is 1. The monoisotopic (exact) mass is 242 g/mol. The number of carboxylic acids is 1. The van der Waals surface area contributed by atoms with Crippen LogP contribution in [-0.2, 0) is 14.3 Å². The molecule has 98 valence electrons. The van der Waals surface area contributed by atoms with E-state index in [4.69, 9.17) is 5.11 Å². The maximum Gasteiger partial charge on any atom is 0.305 e. The van der Waals surface area contributed by atoms with Crippen molar-refractivity contribution in [3.8, 4) is 0 Å². The van der Waals surface area contributed by atoms with Crippen LogP contribution in [0.1, 0.15) is 46.0 Å². The molecule has 0 rings (SSSR count). The number of aliphatic carboxylic acids is 1. The van der Waals surface area contributed by atoms with Gasteiger partial charge in [-0.05, 0) is 32.1 Å². The SMILES string of the molecule is COC(=O)CC(C)CC/C=C(\C)CCC(=O)O. The fourth-order valence-corrected chi connectivity index (χ4v) is 1.49. The van der Waals surface area contributed by atoms with Gasteiger partial charge in [0, 0.05) is 12.8 Å². The fraction of sp³-hybridized carbons (Fsp3) is 0.692. The van der Waals surface area contributed by atoms with Crippen molar-refractivity contribution >= 4 is 11.9 Å². The van der Waals surface area contributed by atoms with Gasteiger partial charge in [-0.25, -0.2) is 0 Å². The summed E-state index contributed by atoms with van der Waals surface area (Å²) in [5.74, 6) is -0.646. The minimum Gasteiger partial charge on any atom is -0.481 e.